The van der Waals surface area contributed by atoms with E-state index in [-0.39, 0.29) is 0 Å². The Morgan fingerprint density at radius 3 is 2.31 bits per heavy atom. The number of hydrogen-bond donors (Lipinski definition) is 1. The summed E-state index contributed by atoms with van der Waals surface area (Å²) in [7, 11) is -1.39. The van der Waals surface area contributed by atoms with Crippen molar-refractivity contribution < 1.29 is 14.4 Å². The van der Waals surface area contributed by atoms with Gasteiger partial charge < -0.3 is 0 Å². The zero-order valence-corrected chi connectivity index (χ0v) is 10.5. The minimum absolute atomic E-state index is 0.332. The monoisotopic (exact) mass is 240 g/mol. The van der Waals surface area contributed by atoms with E-state index in [1.165, 1.54) is 0 Å². The molecule has 88 valence electrons. The van der Waals surface area contributed by atoms with Gasteiger partial charge in [0, 0.05) is 9.80 Å². The van der Waals surface area contributed by atoms with Crippen LogP contribution in [0.5, 0.6) is 0 Å². The molecule has 0 saturated carbocycles. The second kappa shape index (κ2) is 4.91. The highest BCUT2D eigenvalue weighted by Crippen LogP contribution is 2.25. The summed E-state index contributed by atoms with van der Waals surface area (Å²) in [5.74, 6) is 0. The zero-order chi connectivity index (χ0) is 12.3. The first-order chi connectivity index (χ1) is 7.38. The fourth-order valence-corrected chi connectivity index (χ4v) is 2.23. The van der Waals surface area contributed by atoms with Crippen molar-refractivity contribution in [3.63, 3.8) is 0 Å². The molecule has 0 aliphatic heterocycles. The molecule has 1 rings (SSSR count). The molecule has 1 N–H and O–H groups in total. The number of benzene rings is 1. The SMILES string of the molecule is C=C(S(=O)c1ccc(C)cc1)C(C)(C)OO. The van der Waals surface area contributed by atoms with Crippen LogP contribution in [0, 0.1) is 6.92 Å². The first-order valence-electron chi connectivity index (χ1n) is 4.89. The second-order valence-corrected chi connectivity index (χ2v) is 5.61. The molecule has 0 amide bonds. The van der Waals surface area contributed by atoms with Gasteiger partial charge in [-0.25, -0.2) is 9.10 Å². The van der Waals surface area contributed by atoms with Crippen LogP contribution in [0.2, 0.25) is 0 Å². The van der Waals surface area contributed by atoms with Crippen molar-refractivity contribution in [3.8, 4) is 0 Å². The van der Waals surface area contributed by atoms with Gasteiger partial charge in [0.05, 0.1) is 10.8 Å². The summed E-state index contributed by atoms with van der Waals surface area (Å²) in [5, 5.41) is 8.71. The summed E-state index contributed by atoms with van der Waals surface area (Å²) in [4.78, 5) is 5.26. The Bertz CT molecular complexity index is 407. The molecule has 0 radical (unpaired) electrons. The van der Waals surface area contributed by atoms with Crippen LogP contribution >= 0.6 is 0 Å². The van der Waals surface area contributed by atoms with Crippen LogP contribution in [0.3, 0.4) is 0 Å². The molecule has 0 aromatic heterocycles. The summed E-state index contributed by atoms with van der Waals surface area (Å²) in [5.41, 5.74) is 0.0828. The van der Waals surface area contributed by atoms with Crippen LogP contribution in [0.15, 0.2) is 40.6 Å². The summed E-state index contributed by atoms with van der Waals surface area (Å²) >= 11 is 0. The lowest BCUT2D eigenvalue weighted by molar-refractivity contribution is -0.298. The largest absolute Gasteiger partial charge is 0.251 e. The zero-order valence-electron chi connectivity index (χ0n) is 9.69. The van der Waals surface area contributed by atoms with Gasteiger partial charge in [0.15, 0.2) is 0 Å². The van der Waals surface area contributed by atoms with E-state index >= 15 is 0 Å². The molecule has 1 unspecified atom stereocenters. The van der Waals surface area contributed by atoms with E-state index in [1.54, 1.807) is 26.0 Å². The van der Waals surface area contributed by atoms with E-state index in [2.05, 4.69) is 11.5 Å². The highest BCUT2D eigenvalue weighted by atomic mass is 32.2. The topological polar surface area (TPSA) is 46.5 Å². The molecular weight excluding hydrogens is 224 g/mol. The van der Waals surface area contributed by atoms with Gasteiger partial charge in [-0.2, -0.15) is 0 Å². The van der Waals surface area contributed by atoms with Crippen molar-refractivity contribution in [2.24, 2.45) is 0 Å². The molecule has 4 heteroatoms. The van der Waals surface area contributed by atoms with E-state index in [9.17, 15) is 4.21 Å². The lowest BCUT2D eigenvalue weighted by atomic mass is 10.1. The summed E-state index contributed by atoms with van der Waals surface area (Å²) < 4.78 is 12.1. The fourth-order valence-electron chi connectivity index (χ4n) is 1.08. The predicted octanol–water partition coefficient (Wildman–Crippen LogP) is 2.88. The molecule has 1 aromatic carbocycles. The fraction of sp³-hybridized carbons (Fsp3) is 0.333. The Kier molecular flexibility index (Phi) is 4.02. The van der Waals surface area contributed by atoms with Crippen molar-refractivity contribution in [1.29, 1.82) is 0 Å². The van der Waals surface area contributed by atoms with Crippen LogP contribution in [0.1, 0.15) is 19.4 Å². The quantitative estimate of drug-likeness (QED) is 0.650. The second-order valence-electron chi connectivity index (χ2n) is 4.11. The molecule has 16 heavy (non-hydrogen) atoms. The number of hydrogen-bond acceptors (Lipinski definition) is 3. The Morgan fingerprint density at radius 1 is 1.38 bits per heavy atom. The average Bonchev–Trinajstić information content (AvgIpc) is 2.28. The van der Waals surface area contributed by atoms with Crippen molar-refractivity contribution in [1.82, 2.24) is 0 Å². The van der Waals surface area contributed by atoms with Gasteiger partial charge in [-0.3, -0.25) is 5.26 Å². The summed E-state index contributed by atoms with van der Waals surface area (Å²) in [6, 6.07) is 7.33. The van der Waals surface area contributed by atoms with Crippen LogP contribution < -0.4 is 0 Å². The van der Waals surface area contributed by atoms with Gasteiger partial charge in [0.1, 0.15) is 5.60 Å². The van der Waals surface area contributed by atoms with Gasteiger partial charge >= 0.3 is 0 Å². The summed E-state index contributed by atoms with van der Waals surface area (Å²) in [6.07, 6.45) is 0. The Morgan fingerprint density at radius 2 is 1.88 bits per heavy atom. The van der Waals surface area contributed by atoms with Crippen LogP contribution in [0.4, 0.5) is 0 Å². The van der Waals surface area contributed by atoms with Gasteiger partial charge in [0.25, 0.3) is 0 Å². The van der Waals surface area contributed by atoms with Gasteiger partial charge in [-0.15, -0.1) is 0 Å². The highest BCUT2D eigenvalue weighted by Gasteiger charge is 2.28. The Hall–Kier alpha value is -0.970. The smallest absolute Gasteiger partial charge is 0.131 e. The number of aryl methyl sites for hydroxylation is 1. The van der Waals surface area contributed by atoms with E-state index in [0.29, 0.717) is 9.80 Å². The molecule has 0 bridgehead atoms. The molecule has 0 fully saturated rings. The van der Waals surface area contributed by atoms with Gasteiger partial charge in [0.2, 0.25) is 0 Å². The molecule has 0 aliphatic rings. The van der Waals surface area contributed by atoms with E-state index in [1.807, 2.05) is 19.1 Å². The molecule has 0 heterocycles. The van der Waals surface area contributed by atoms with E-state index < -0.39 is 16.4 Å². The maximum atomic E-state index is 12.1. The minimum atomic E-state index is -1.39. The van der Waals surface area contributed by atoms with Crippen LogP contribution in [0.25, 0.3) is 0 Å². The average molecular weight is 240 g/mol. The third-order valence-electron chi connectivity index (χ3n) is 2.36. The normalized spacial score (nSPS) is 13.5. The van der Waals surface area contributed by atoms with Crippen molar-refractivity contribution in [3.05, 3.63) is 41.3 Å². The molecule has 0 spiro atoms. The number of rotatable bonds is 4. The maximum Gasteiger partial charge on any atom is 0.131 e. The third-order valence-corrected chi connectivity index (χ3v) is 4.00. The van der Waals surface area contributed by atoms with Gasteiger partial charge in [-0.1, -0.05) is 24.3 Å². The standard InChI is InChI=1S/C12H16O3S/c1-9-5-7-11(8-6-9)16(14)10(2)12(3,4)15-13/h5-8,13H,2H2,1,3-4H3. The summed E-state index contributed by atoms with van der Waals surface area (Å²) in [6.45, 7) is 8.90. The van der Waals surface area contributed by atoms with E-state index in [4.69, 9.17) is 5.26 Å². The molecule has 0 saturated heterocycles. The van der Waals surface area contributed by atoms with Crippen molar-refractivity contribution in [2.45, 2.75) is 31.3 Å². The van der Waals surface area contributed by atoms with E-state index in [0.717, 1.165) is 5.56 Å². The maximum absolute atomic E-state index is 12.1. The first kappa shape index (κ1) is 13.1. The lowest BCUT2D eigenvalue weighted by Gasteiger charge is -2.22. The molecule has 1 atom stereocenters. The first-order valence-corrected chi connectivity index (χ1v) is 6.04. The van der Waals surface area contributed by atoms with Crippen LogP contribution in [-0.2, 0) is 15.7 Å². The lowest BCUT2D eigenvalue weighted by Crippen LogP contribution is -2.27. The van der Waals surface area contributed by atoms with Crippen molar-refractivity contribution >= 4 is 10.8 Å². The van der Waals surface area contributed by atoms with Crippen molar-refractivity contribution in [2.75, 3.05) is 0 Å². The molecule has 3 nitrogen and oxygen atoms in total. The third kappa shape index (κ3) is 2.78. The molecular formula is C12H16O3S. The van der Waals surface area contributed by atoms with Gasteiger partial charge in [-0.05, 0) is 32.9 Å². The molecule has 0 aliphatic carbocycles. The minimum Gasteiger partial charge on any atom is -0.251 e. The Labute approximate surface area is 98.1 Å². The highest BCUT2D eigenvalue weighted by molar-refractivity contribution is 7.89. The predicted molar refractivity (Wildman–Crippen MR) is 64.5 cm³/mol. The molecule has 1 aromatic rings. The van der Waals surface area contributed by atoms with Crippen LogP contribution in [-0.4, -0.2) is 15.1 Å². The Balaban J connectivity index is 2.95.